The van der Waals surface area contributed by atoms with Gasteiger partial charge in [-0.3, -0.25) is 9.69 Å². The van der Waals surface area contributed by atoms with Crippen LogP contribution in [0.25, 0.3) is 0 Å². The first-order valence-corrected chi connectivity index (χ1v) is 8.64. The third-order valence-corrected chi connectivity index (χ3v) is 5.99. The summed E-state index contributed by atoms with van der Waals surface area (Å²) in [6, 6.07) is 0.420. The maximum atomic E-state index is 12.5. The summed E-state index contributed by atoms with van der Waals surface area (Å²) in [5, 5.41) is 0. The Morgan fingerprint density at radius 3 is 2.09 bits per heavy atom. The number of carbonyl (C=O) groups excluding carboxylic acids is 1. The number of hydrogen-bond donors (Lipinski definition) is 1. The van der Waals surface area contributed by atoms with Crippen LogP contribution < -0.4 is 5.73 Å². The molecule has 0 aromatic heterocycles. The molecule has 23 heavy (non-hydrogen) atoms. The molecule has 1 aliphatic heterocycles. The van der Waals surface area contributed by atoms with E-state index in [-0.39, 0.29) is 42.2 Å². The van der Waals surface area contributed by atoms with Crippen LogP contribution in [0.2, 0.25) is 0 Å². The van der Waals surface area contributed by atoms with Gasteiger partial charge < -0.3 is 10.6 Å². The van der Waals surface area contributed by atoms with Gasteiger partial charge in [-0.15, -0.1) is 24.8 Å². The molecule has 3 fully saturated rings. The quantitative estimate of drug-likeness (QED) is 0.817. The topological polar surface area (TPSA) is 49.6 Å². The Hall–Kier alpha value is -0.0300. The van der Waals surface area contributed by atoms with Crippen LogP contribution in [0.3, 0.4) is 0 Å². The van der Waals surface area contributed by atoms with Crippen molar-refractivity contribution in [2.45, 2.75) is 58.5 Å². The molecule has 0 radical (unpaired) electrons. The number of hydrogen-bond acceptors (Lipinski definition) is 3. The molecule has 6 heteroatoms. The van der Waals surface area contributed by atoms with E-state index < -0.39 is 0 Å². The Morgan fingerprint density at radius 1 is 1.04 bits per heavy atom. The average Bonchev–Trinajstić information content (AvgIpc) is 3.07. The minimum absolute atomic E-state index is 0. The van der Waals surface area contributed by atoms with Crippen molar-refractivity contribution in [2.24, 2.45) is 23.0 Å². The second kappa shape index (κ2) is 7.90. The summed E-state index contributed by atoms with van der Waals surface area (Å²) in [7, 11) is 0. The Morgan fingerprint density at radius 2 is 1.65 bits per heavy atom. The zero-order valence-electron chi connectivity index (χ0n) is 14.7. The highest BCUT2D eigenvalue weighted by Gasteiger charge is 2.43. The Balaban J connectivity index is 0.00000132. The highest BCUT2D eigenvalue weighted by molar-refractivity contribution is 5.85. The number of piperazine rings is 1. The van der Waals surface area contributed by atoms with Crippen molar-refractivity contribution in [3.8, 4) is 0 Å². The van der Waals surface area contributed by atoms with Crippen LogP contribution in [0.4, 0.5) is 0 Å². The number of fused-ring (bicyclic) bond motifs is 2. The van der Waals surface area contributed by atoms with Crippen LogP contribution in [-0.2, 0) is 4.79 Å². The average molecular weight is 366 g/mol. The maximum Gasteiger partial charge on any atom is 0.240 e. The van der Waals surface area contributed by atoms with Crippen LogP contribution in [0, 0.1) is 17.3 Å². The zero-order valence-corrected chi connectivity index (χ0v) is 16.3. The van der Waals surface area contributed by atoms with Crippen molar-refractivity contribution in [1.29, 1.82) is 0 Å². The lowest BCUT2D eigenvalue weighted by Crippen LogP contribution is -2.58. The lowest BCUT2D eigenvalue weighted by Gasteiger charge is -2.42. The van der Waals surface area contributed by atoms with E-state index in [2.05, 4.69) is 4.90 Å². The molecule has 3 unspecified atom stereocenters. The fourth-order valence-electron chi connectivity index (χ4n) is 4.50. The van der Waals surface area contributed by atoms with E-state index in [0.717, 1.165) is 44.1 Å². The third kappa shape index (κ3) is 4.33. The van der Waals surface area contributed by atoms with E-state index in [1.165, 1.54) is 25.7 Å². The summed E-state index contributed by atoms with van der Waals surface area (Å²) in [6.45, 7) is 9.92. The predicted molar refractivity (Wildman–Crippen MR) is 99.3 cm³/mol. The molecule has 0 spiro atoms. The van der Waals surface area contributed by atoms with E-state index >= 15 is 0 Å². The summed E-state index contributed by atoms with van der Waals surface area (Å²) in [6.07, 6.45) is 5.75. The van der Waals surface area contributed by atoms with E-state index in [0.29, 0.717) is 0 Å². The molecule has 136 valence electrons. The number of amides is 1. The van der Waals surface area contributed by atoms with Crippen molar-refractivity contribution < 1.29 is 4.79 Å². The molecule has 1 saturated heterocycles. The van der Waals surface area contributed by atoms with Crippen molar-refractivity contribution in [3.05, 3.63) is 0 Å². The van der Waals surface area contributed by atoms with Gasteiger partial charge in [0, 0.05) is 32.2 Å². The number of rotatable bonds is 2. The molecule has 0 aromatic carbocycles. The summed E-state index contributed by atoms with van der Waals surface area (Å²) in [5.74, 6) is 2.07. The molecule has 1 amide bonds. The van der Waals surface area contributed by atoms with Gasteiger partial charge in [0.05, 0.1) is 6.04 Å². The first-order chi connectivity index (χ1) is 9.86. The Bertz CT molecular complexity index is 405. The van der Waals surface area contributed by atoms with E-state index in [1.54, 1.807) is 0 Å². The highest BCUT2D eigenvalue weighted by Crippen LogP contribution is 2.46. The van der Waals surface area contributed by atoms with Gasteiger partial charge in [0.1, 0.15) is 0 Å². The lowest BCUT2D eigenvalue weighted by molar-refractivity contribution is -0.137. The molecule has 4 atom stereocenters. The number of nitrogens with two attached hydrogens (primary N) is 1. The van der Waals surface area contributed by atoms with E-state index in [9.17, 15) is 4.79 Å². The van der Waals surface area contributed by atoms with Crippen molar-refractivity contribution in [1.82, 2.24) is 9.80 Å². The molecule has 3 aliphatic rings. The Labute approximate surface area is 153 Å². The minimum Gasteiger partial charge on any atom is -0.339 e. The SMILES string of the molecule is CC(C)(C)[C@H](N)C(=O)N1CCN(C2CC3CCC2C3)CC1.Cl.Cl. The summed E-state index contributed by atoms with van der Waals surface area (Å²) < 4.78 is 0. The molecule has 2 bridgehead atoms. The standard InChI is InChI=1S/C17H31N3O.2ClH/c1-17(2,3)15(18)16(21)20-8-6-19(7-9-20)14-11-12-4-5-13(14)10-12;;/h12-15H,4-11,18H2,1-3H3;2*1H/t12?,13?,14?,15-;;/m1../s1. The summed E-state index contributed by atoms with van der Waals surface area (Å²) in [5.41, 5.74) is 5.97. The first-order valence-electron chi connectivity index (χ1n) is 8.64. The van der Waals surface area contributed by atoms with Crippen LogP contribution in [-0.4, -0.2) is 54.0 Å². The predicted octanol–water partition coefficient (Wildman–Crippen LogP) is 2.54. The zero-order chi connectivity index (χ0) is 15.2. The van der Waals surface area contributed by atoms with Gasteiger partial charge in [-0.2, -0.15) is 0 Å². The minimum atomic E-state index is -0.383. The van der Waals surface area contributed by atoms with Gasteiger partial charge in [-0.1, -0.05) is 27.2 Å². The van der Waals surface area contributed by atoms with Crippen molar-refractivity contribution >= 4 is 30.7 Å². The number of nitrogens with zero attached hydrogens (tertiary/aromatic N) is 2. The lowest BCUT2D eigenvalue weighted by atomic mass is 9.86. The van der Waals surface area contributed by atoms with Gasteiger partial charge in [-0.25, -0.2) is 0 Å². The monoisotopic (exact) mass is 365 g/mol. The number of carbonyl (C=O) groups is 1. The van der Waals surface area contributed by atoms with Crippen molar-refractivity contribution in [2.75, 3.05) is 26.2 Å². The second-order valence-electron chi connectivity index (χ2n) is 8.45. The van der Waals surface area contributed by atoms with Crippen LogP contribution >= 0.6 is 24.8 Å². The molecular formula is C17H33Cl2N3O. The fraction of sp³-hybridized carbons (Fsp3) is 0.941. The fourth-order valence-corrected chi connectivity index (χ4v) is 4.50. The van der Waals surface area contributed by atoms with Gasteiger partial charge >= 0.3 is 0 Å². The first kappa shape index (κ1) is 21.0. The smallest absolute Gasteiger partial charge is 0.240 e. The maximum absolute atomic E-state index is 12.5. The van der Waals surface area contributed by atoms with Crippen molar-refractivity contribution in [3.63, 3.8) is 0 Å². The molecule has 3 rings (SSSR count). The van der Waals surface area contributed by atoms with Gasteiger partial charge in [0.25, 0.3) is 0 Å². The molecule has 1 heterocycles. The normalized spacial score (nSPS) is 32.2. The van der Waals surface area contributed by atoms with Crippen LogP contribution in [0.1, 0.15) is 46.5 Å². The molecule has 2 saturated carbocycles. The molecule has 0 aromatic rings. The van der Waals surface area contributed by atoms with E-state index in [1.807, 2.05) is 25.7 Å². The summed E-state index contributed by atoms with van der Waals surface area (Å²) in [4.78, 5) is 17.1. The second-order valence-corrected chi connectivity index (χ2v) is 8.45. The van der Waals surface area contributed by atoms with Gasteiger partial charge in [0.15, 0.2) is 0 Å². The van der Waals surface area contributed by atoms with Gasteiger partial charge in [-0.05, 0) is 36.5 Å². The van der Waals surface area contributed by atoms with E-state index in [4.69, 9.17) is 5.73 Å². The summed E-state index contributed by atoms with van der Waals surface area (Å²) >= 11 is 0. The molecular weight excluding hydrogens is 333 g/mol. The van der Waals surface area contributed by atoms with Crippen LogP contribution in [0.15, 0.2) is 0 Å². The van der Waals surface area contributed by atoms with Crippen LogP contribution in [0.5, 0.6) is 0 Å². The van der Waals surface area contributed by atoms with Gasteiger partial charge in [0.2, 0.25) is 5.91 Å². The highest BCUT2D eigenvalue weighted by atomic mass is 35.5. The number of halogens is 2. The third-order valence-electron chi connectivity index (χ3n) is 5.99. The molecule has 2 N–H and O–H groups in total. The molecule has 2 aliphatic carbocycles. The largest absolute Gasteiger partial charge is 0.339 e. The molecule has 4 nitrogen and oxygen atoms in total. The Kier molecular flexibility index (Phi) is 7.22.